The van der Waals surface area contributed by atoms with Crippen LogP contribution >= 0.6 is 0 Å². The van der Waals surface area contributed by atoms with Crippen LogP contribution in [0.4, 0.5) is 5.69 Å². The highest BCUT2D eigenvalue weighted by Crippen LogP contribution is 2.24. The lowest BCUT2D eigenvalue weighted by Crippen LogP contribution is -2.18. The van der Waals surface area contributed by atoms with Crippen molar-refractivity contribution in [1.29, 1.82) is 0 Å². The summed E-state index contributed by atoms with van der Waals surface area (Å²) in [5.74, 6) is -0.262. The van der Waals surface area contributed by atoms with Crippen molar-refractivity contribution < 1.29 is 9.90 Å². The summed E-state index contributed by atoms with van der Waals surface area (Å²) in [6.07, 6.45) is 5.80. The van der Waals surface area contributed by atoms with Crippen molar-refractivity contribution in [3.05, 3.63) is 71.9 Å². The highest BCUT2D eigenvalue weighted by Gasteiger charge is 2.16. The largest absolute Gasteiger partial charge is 0.404 e. The van der Waals surface area contributed by atoms with Gasteiger partial charge >= 0.3 is 0 Å². The molecule has 0 saturated heterocycles. The Bertz CT molecular complexity index is 1260. The van der Waals surface area contributed by atoms with Gasteiger partial charge in [-0.3, -0.25) is 14.5 Å². The second-order valence-corrected chi connectivity index (χ2v) is 7.57. The van der Waals surface area contributed by atoms with E-state index in [-0.39, 0.29) is 11.4 Å². The summed E-state index contributed by atoms with van der Waals surface area (Å²) in [6, 6.07) is 8.85. The maximum Gasteiger partial charge on any atom is 0.259 e. The average molecular weight is 492 g/mol. The predicted octanol–water partition coefficient (Wildman–Crippen LogP) is 3.30. The van der Waals surface area contributed by atoms with Crippen LogP contribution in [-0.4, -0.2) is 44.8 Å². The zero-order chi connectivity index (χ0) is 26.7. The number of nitrogens with zero attached hydrogens (tertiary/aromatic N) is 6. The lowest BCUT2D eigenvalue weighted by atomic mass is 10.1. The predicted molar refractivity (Wildman–Crippen MR) is 142 cm³/mol. The molecule has 11 heteroatoms. The molecule has 11 nitrogen and oxygen atoms in total. The molecule has 1 atom stereocenters. The summed E-state index contributed by atoms with van der Waals surface area (Å²) in [4.78, 5) is 17.4. The number of hydrogen-bond acceptors (Lipinski definition) is 7. The van der Waals surface area contributed by atoms with Gasteiger partial charge in [0, 0.05) is 35.4 Å². The molecule has 0 radical (unpaired) electrons. The minimum Gasteiger partial charge on any atom is -0.404 e. The number of nitrogens with two attached hydrogens (primary N) is 2. The molecule has 0 saturated carbocycles. The van der Waals surface area contributed by atoms with Crippen LogP contribution in [0.1, 0.15) is 37.6 Å². The minimum absolute atomic E-state index is 0.168. The third-order valence-electron chi connectivity index (χ3n) is 4.89. The van der Waals surface area contributed by atoms with Gasteiger partial charge in [-0.1, -0.05) is 26.0 Å². The van der Waals surface area contributed by atoms with Crippen LogP contribution in [0.25, 0.3) is 16.7 Å². The van der Waals surface area contributed by atoms with E-state index in [0.29, 0.717) is 23.5 Å². The van der Waals surface area contributed by atoms with E-state index in [1.165, 1.54) is 13.2 Å². The molecular formula is C25H33N9O2. The Labute approximate surface area is 210 Å². The fourth-order valence-corrected chi connectivity index (χ4v) is 3.17. The van der Waals surface area contributed by atoms with Crippen LogP contribution in [0.3, 0.4) is 0 Å². The van der Waals surface area contributed by atoms with Crippen LogP contribution in [0.2, 0.25) is 0 Å². The normalized spacial score (nSPS) is 12.7. The lowest BCUT2D eigenvalue weighted by Gasteiger charge is -2.12. The van der Waals surface area contributed by atoms with Gasteiger partial charge in [0.05, 0.1) is 37.2 Å². The number of aliphatic hydroxyl groups is 1. The number of nitrogens with one attached hydrogen (secondary N) is 1. The van der Waals surface area contributed by atoms with Gasteiger partial charge in [0.1, 0.15) is 0 Å². The molecule has 0 spiro atoms. The van der Waals surface area contributed by atoms with E-state index in [0.717, 1.165) is 16.7 Å². The lowest BCUT2D eigenvalue weighted by molar-refractivity contribution is -0.111. The number of carbonyl (C=O) groups is 1. The van der Waals surface area contributed by atoms with Crippen molar-refractivity contribution in [1.82, 2.24) is 14.8 Å². The number of benzene rings is 1. The number of amidine groups is 1. The maximum absolute atomic E-state index is 13.1. The quantitative estimate of drug-likeness (QED) is 0.124. The highest BCUT2D eigenvalue weighted by molar-refractivity contribution is 6.25. The van der Waals surface area contributed by atoms with Gasteiger partial charge in [0.15, 0.2) is 5.84 Å². The molecule has 1 amide bonds. The number of aromatic nitrogens is 3. The number of aliphatic hydroxyl groups excluding tert-OH is 1. The third-order valence-corrected chi connectivity index (χ3v) is 4.89. The molecule has 190 valence electrons. The molecule has 0 aliphatic rings. The van der Waals surface area contributed by atoms with Gasteiger partial charge in [-0.15, -0.1) is 5.10 Å². The van der Waals surface area contributed by atoms with Crippen molar-refractivity contribution in [3.8, 4) is 11.1 Å². The molecule has 36 heavy (non-hydrogen) atoms. The monoisotopic (exact) mass is 491 g/mol. The standard InChI is InChI=1S/C23H27N9O2.C2H6/c1-14-4-5-17(22(25)30-31-26-3)9-20(14)29-23(34)19(10-24)21-8-16(6-7-27-21)18-11-28-32(13-18)12-15(2)33;1-2/h4-11,13,15,33H,12,24H2,1-3H3,(H,29,34)(H2,25,26,30);1-2H3/b19-10+;. The first-order valence-corrected chi connectivity index (χ1v) is 11.5. The van der Waals surface area contributed by atoms with Gasteiger partial charge in [-0.2, -0.15) is 10.2 Å². The summed E-state index contributed by atoms with van der Waals surface area (Å²) in [5, 5.41) is 27.6. The molecule has 3 rings (SSSR count). The number of carbonyl (C=O) groups excluding carboxylic acids is 1. The Morgan fingerprint density at radius 1 is 1.25 bits per heavy atom. The van der Waals surface area contributed by atoms with Crippen LogP contribution in [0.15, 0.2) is 70.6 Å². The number of hydrogen-bond donors (Lipinski definition) is 4. The van der Waals surface area contributed by atoms with Gasteiger partial charge in [-0.25, -0.2) is 0 Å². The molecular weight excluding hydrogens is 458 g/mol. The van der Waals surface area contributed by atoms with E-state index in [1.807, 2.05) is 39.1 Å². The zero-order valence-electron chi connectivity index (χ0n) is 21.2. The van der Waals surface area contributed by atoms with Gasteiger partial charge in [-0.05, 0) is 48.4 Å². The molecule has 0 aliphatic heterocycles. The SMILES string of the molecule is CC.CN=N/N=C(\N)c1ccc(C)c(NC(=O)/C(=C/N)c2cc(-c3cnn(CC(C)O)c3)ccn2)c1. The van der Waals surface area contributed by atoms with Gasteiger partial charge < -0.3 is 21.9 Å². The Balaban J connectivity index is 0.00000222. The van der Waals surface area contributed by atoms with E-state index in [2.05, 4.69) is 30.8 Å². The van der Waals surface area contributed by atoms with Crippen molar-refractivity contribution in [2.75, 3.05) is 12.4 Å². The summed E-state index contributed by atoms with van der Waals surface area (Å²) in [7, 11) is 1.49. The molecule has 2 aromatic heterocycles. The van der Waals surface area contributed by atoms with Gasteiger partial charge in [0.2, 0.25) is 0 Å². The molecule has 0 fully saturated rings. The van der Waals surface area contributed by atoms with Crippen LogP contribution in [-0.2, 0) is 11.3 Å². The summed E-state index contributed by atoms with van der Waals surface area (Å²) in [5.41, 5.74) is 15.9. The van der Waals surface area contributed by atoms with Crippen molar-refractivity contribution in [2.24, 2.45) is 26.9 Å². The summed E-state index contributed by atoms with van der Waals surface area (Å²) < 4.78 is 1.65. The summed E-state index contributed by atoms with van der Waals surface area (Å²) in [6.45, 7) is 7.93. The number of pyridine rings is 1. The first kappa shape index (κ1) is 27.9. The van der Waals surface area contributed by atoms with E-state index in [9.17, 15) is 9.90 Å². The Kier molecular flexibility index (Phi) is 10.4. The second-order valence-electron chi connectivity index (χ2n) is 7.57. The third kappa shape index (κ3) is 7.31. The maximum atomic E-state index is 13.1. The average Bonchev–Trinajstić information content (AvgIpc) is 3.33. The van der Waals surface area contributed by atoms with Crippen LogP contribution < -0.4 is 16.8 Å². The molecule has 2 heterocycles. The topological polar surface area (TPSA) is 169 Å². The van der Waals surface area contributed by atoms with E-state index in [4.69, 9.17) is 11.5 Å². The minimum atomic E-state index is -0.518. The zero-order valence-corrected chi connectivity index (χ0v) is 21.2. The number of anilines is 1. The highest BCUT2D eigenvalue weighted by atomic mass is 16.3. The van der Waals surface area contributed by atoms with E-state index >= 15 is 0 Å². The van der Waals surface area contributed by atoms with E-state index < -0.39 is 12.0 Å². The van der Waals surface area contributed by atoms with Crippen LogP contribution in [0, 0.1) is 6.92 Å². The van der Waals surface area contributed by atoms with Crippen molar-refractivity contribution >= 4 is 23.0 Å². The number of amides is 1. The van der Waals surface area contributed by atoms with E-state index in [1.54, 1.807) is 42.2 Å². The fraction of sp³-hybridized carbons (Fsp3) is 0.280. The number of rotatable bonds is 8. The number of aryl methyl sites for hydroxylation is 1. The fourth-order valence-electron chi connectivity index (χ4n) is 3.17. The molecule has 3 aromatic rings. The molecule has 0 bridgehead atoms. The molecule has 0 aliphatic carbocycles. The Morgan fingerprint density at radius 3 is 2.67 bits per heavy atom. The van der Waals surface area contributed by atoms with Crippen molar-refractivity contribution in [3.63, 3.8) is 0 Å². The molecule has 6 N–H and O–H groups in total. The Hall–Kier alpha value is -4.38. The first-order valence-electron chi connectivity index (χ1n) is 11.5. The molecule has 1 unspecified atom stereocenters. The first-order chi connectivity index (χ1) is 17.3. The molecule has 1 aromatic carbocycles. The smallest absolute Gasteiger partial charge is 0.259 e. The Morgan fingerprint density at radius 2 is 2.00 bits per heavy atom. The second kappa shape index (κ2) is 13.5. The van der Waals surface area contributed by atoms with Gasteiger partial charge in [0.25, 0.3) is 5.91 Å². The van der Waals surface area contributed by atoms with Crippen LogP contribution in [0.5, 0.6) is 0 Å². The van der Waals surface area contributed by atoms with Crippen molar-refractivity contribution in [2.45, 2.75) is 40.3 Å². The summed E-state index contributed by atoms with van der Waals surface area (Å²) >= 11 is 0.